The van der Waals surface area contributed by atoms with Crippen LogP contribution in [0.2, 0.25) is 10.0 Å². The van der Waals surface area contributed by atoms with Crippen LogP contribution in [-0.2, 0) is 4.74 Å². The van der Waals surface area contributed by atoms with Gasteiger partial charge in [0.05, 0.1) is 5.56 Å². The number of nitrogens with one attached hydrogen (secondary N) is 1. The van der Waals surface area contributed by atoms with Gasteiger partial charge in [-0.15, -0.1) is 0 Å². The van der Waals surface area contributed by atoms with Gasteiger partial charge in [0.1, 0.15) is 6.10 Å². The maximum absolute atomic E-state index is 12.9. The average molecular weight is 478 g/mol. The second kappa shape index (κ2) is 11.7. The zero-order valence-corrected chi connectivity index (χ0v) is 21.0. The minimum atomic E-state index is -0.424. The summed E-state index contributed by atoms with van der Waals surface area (Å²) in [5.74, 6) is -0.0350. The zero-order chi connectivity index (χ0) is 23.9. The maximum atomic E-state index is 12.9. The Balaban J connectivity index is 2.29. The predicted molar refractivity (Wildman–Crippen MR) is 131 cm³/mol. The van der Waals surface area contributed by atoms with Gasteiger partial charge in [0.15, 0.2) is 0 Å². The summed E-state index contributed by atoms with van der Waals surface area (Å²) in [6.45, 7) is 10.9. The van der Waals surface area contributed by atoms with Gasteiger partial charge in [-0.1, -0.05) is 57.8 Å². The smallest absolute Gasteiger partial charge is 0.338 e. The summed E-state index contributed by atoms with van der Waals surface area (Å²) in [5, 5.41) is 4.24. The molecule has 174 valence electrons. The SMILES string of the molecule is CCC(OC(=O)c1ccc(Cl)cc1)C(CNC(=O)c1ccc(Cl)cc1)(CC(C)C)C(C)C. The number of halogens is 2. The van der Waals surface area contributed by atoms with Crippen LogP contribution in [0.3, 0.4) is 0 Å². The molecule has 6 heteroatoms. The maximum Gasteiger partial charge on any atom is 0.338 e. The van der Waals surface area contributed by atoms with Gasteiger partial charge in [0.2, 0.25) is 0 Å². The Hall–Kier alpha value is -2.04. The monoisotopic (exact) mass is 477 g/mol. The molecule has 0 aliphatic rings. The van der Waals surface area contributed by atoms with E-state index in [1.165, 1.54) is 0 Å². The van der Waals surface area contributed by atoms with Crippen LogP contribution >= 0.6 is 23.2 Å². The molecule has 4 nitrogen and oxygen atoms in total. The number of amides is 1. The minimum Gasteiger partial charge on any atom is -0.458 e. The van der Waals surface area contributed by atoms with Crippen LogP contribution < -0.4 is 5.32 Å². The van der Waals surface area contributed by atoms with E-state index in [0.29, 0.717) is 40.1 Å². The second-order valence-corrected chi connectivity index (χ2v) is 9.86. The molecule has 0 aromatic heterocycles. The molecule has 2 aromatic rings. The summed E-state index contributed by atoms with van der Waals surface area (Å²) < 4.78 is 6.06. The highest BCUT2D eigenvalue weighted by molar-refractivity contribution is 6.31. The van der Waals surface area contributed by atoms with Gasteiger partial charge in [-0.3, -0.25) is 4.79 Å². The molecule has 1 amide bonds. The number of hydrogen-bond acceptors (Lipinski definition) is 3. The van der Waals surface area contributed by atoms with E-state index in [4.69, 9.17) is 27.9 Å². The topological polar surface area (TPSA) is 55.4 Å². The molecule has 0 aliphatic heterocycles. The lowest BCUT2D eigenvalue weighted by Gasteiger charge is -2.44. The molecule has 0 saturated carbocycles. The number of ether oxygens (including phenoxy) is 1. The average Bonchev–Trinajstić information content (AvgIpc) is 2.75. The molecule has 1 N–H and O–H groups in total. The zero-order valence-electron chi connectivity index (χ0n) is 19.5. The van der Waals surface area contributed by atoms with Gasteiger partial charge in [-0.25, -0.2) is 4.79 Å². The van der Waals surface area contributed by atoms with Crippen molar-refractivity contribution in [2.45, 2.75) is 53.6 Å². The van der Waals surface area contributed by atoms with E-state index in [1.807, 2.05) is 6.92 Å². The number of hydrogen-bond donors (Lipinski definition) is 1. The quantitative estimate of drug-likeness (QED) is 0.373. The first-order chi connectivity index (χ1) is 15.1. The fourth-order valence-corrected chi connectivity index (χ4v) is 4.48. The second-order valence-electron chi connectivity index (χ2n) is 8.98. The Morgan fingerprint density at radius 3 is 1.84 bits per heavy atom. The summed E-state index contributed by atoms with van der Waals surface area (Å²) in [5.41, 5.74) is 0.579. The highest BCUT2D eigenvalue weighted by Crippen LogP contribution is 2.41. The van der Waals surface area contributed by atoms with E-state index in [0.717, 1.165) is 6.42 Å². The van der Waals surface area contributed by atoms with Crippen molar-refractivity contribution in [3.63, 3.8) is 0 Å². The standard InChI is InChI=1S/C26H33Cl2NO3/c1-6-23(32-25(31)20-9-13-22(28)14-10-20)26(18(4)5,15-17(2)3)16-29-24(30)19-7-11-21(27)12-8-19/h7-14,17-18,23H,6,15-16H2,1-5H3,(H,29,30). The number of esters is 1. The normalized spacial score (nSPS) is 14.2. The van der Waals surface area contributed by atoms with E-state index < -0.39 is 5.41 Å². The molecule has 0 aliphatic carbocycles. The molecule has 2 rings (SSSR count). The Morgan fingerprint density at radius 2 is 1.41 bits per heavy atom. The molecule has 32 heavy (non-hydrogen) atoms. The van der Waals surface area contributed by atoms with Crippen LogP contribution in [0.1, 0.15) is 68.2 Å². The van der Waals surface area contributed by atoms with Gasteiger partial charge in [0.25, 0.3) is 5.91 Å². The van der Waals surface area contributed by atoms with E-state index >= 15 is 0 Å². The van der Waals surface area contributed by atoms with Crippen LogP contribution in [0.25, 0.3) is 0 Å². The van der Waals surface area contributed by atoms with E-state index in [1.54, 1.807) is 48.5 Å². The summed E-state index contributed by atoms with van der Waals surface area (Å²) in [6.07, 6.45) is 1.08. The van der Waals surface area contributed by atoms with E-state index in [9.17, 15) is 9.59 Å². The Kier molecular flexibility index (Phi) is 9.60. The molecule has 0 bridgehead atoms. The van der Waals surface area contributed by atoms with Crippen LogP contribution in [0.15, 0.2) is 48.5 Å². The summed E-state index contributed by atoms with van der Waals surface area (Å²) in [6, 6.07) is 13.5. The summed E-state index contributed by atoms with van der Waals surface area (Å²) in [4.78, 5) is 25.7. The molecule has 0 saturated heterocycles. The number of rotatable bonds is 10. The van der Waals surface area contributed by atoms with Crippen molar-refractivity contribution in [3.05, 3.63) is 69.7 Å². The fraction of sp³-hybridized carbons (Fsp3) is 0.462. The molecule has 0 spiro atoms. The highest BCUT2D eigenvalue weighted by atomic mass is 35.5. The molecular weight excluding hydrogens is 445 g/mol. The molecular formula is C26H33Cl2NO3. The number of carbonyl (C=O) groups is 2. The largest absolute Gasteiger partial charge is 0.458 e. The van der Waals surface area contributed by atoms with Crippen molar-refractivity contribution in [1.29, 1.82) is 0 Å². The third-order valence-electron chi connectivity index (χ3n) is 5.96. The van der Waals surface area contributed by atoms with Gasteiger partial charge < -0.3 is 10.1 Å². The lowest BCUT2D eigenvalue weighted by atomic mass is 9.66. The van der Waals surface area contributed by atoms with Crippen molar-refractivity contribution in [3.8, 4) is 0 Å². The molecule has 0 radical (unpaired) electrons. The van der Waals surface area contributed by atoms with E-state index in [-0.39, 0.29) is 23.9 Å². The molecule has 0 heterocycles. The highest BCUT2D eigenvalue weighted by Gasteiger charge is 2.44. The first kappa shape index (κ1) is 26.2. The molecule has 2 unspecified atom stereocenters. The predicted octanol–water partition coefficient (Wildman–Crippen LogP) is 7.05. The van der Waals surface area contributed by atoms with Crippen LogP contribution in [0.4, 0.5) is 0 Å². The Labute approximate surface area is 201 Å². The van der Waals surface area contributed by atoms with Gasteiger partial charge in [-0.05, 0) is 73.2 Å². The third kappa shape index (κ3) is 6.73. The number of carbonyl (C=O) groups excluding carboxylic acids is 2. The van der Waals surface area contributed by atoms with Crippen molar-refractivity contribution in [2.75, 3.05) is 6.54 Å². The van der Waals surface area contributed by atoms with Crippen molar-refractivity contribution < 1.29 is 14.3 Å². The lowest BCUT2D eigenvalue weighted by Crippen LogP contribution is -2.51. The first-order valence-electron chi connectivity index (χ1n) is 11.1. The van der Waals surface area contributed by atoms with Crippen molar-refractivity contribution in [1.82, 2.24) is 5.32 Å². The summed E-state index contributed by atoms with van der Waals surface area (Å²) >= 11 is 11.9. The number of benzene rings is 2. The van der Waals surface area contributed by atoms with Gasteiger partial charge in [-0.2, -0.15) is 0 Å². The van der Waals surface area contributed by atoms with E-state index in [2.05, 4.69) is 33.0 Å². The van der Waals surface area contributed by atoms with Gasteiger partial charge in [0, 0.05) is 27.6 Å². The van der Waals surface area contributed by atoms with Gasteiger partial charge >= 0.3 is 5.97 Å². The fourth-order valence-electron chi connectivity index (χ4n) is 4.23. The Morgan fingerprint density at radius 1 is 0.906 bits per heavy atom. The van der Waals surface area contributed by atoms with Crippen molar-refractivity contribution in [2.24, 2.45) is 17.3 Å². The minimum absolute atomic E-state index is 0.165. The molecule has 2 aromatic carbocycles. The molecule has 2 atom stereocenters. The van der Waals surface area contributed by atoms with Crippen LogP contribution in [0, 0.1) is 17.3 Å². The lowest BCUT2D eigenvalue weighted by molar-refractivity contribution is -0.0495. The molecule has 0 fully saturated rings. The van der Waals surface area contributed by atoms with Crippen molar-refractivity contribution >= 4 is 35.1 Å². The van der Waals surface area contributed by atoms with Crippen LogP contribution in [0.5, 0.6) is 0 Å². The summed E-state index contributed by atoms with van der Waals surface area (Å²) in [7, 11) is 0. The van der Waals surface area contributed by atoms with Crippen LogP contribution in [-0.4, -0.2) is 24.5 Å². The first-order valence-corrected chi connectivity index (χ1v) is 11.8. The third-order valence-corrected chi connectivity index (χ3v) is 6.47. The Bertz CT molecular complexity index is 894.